The van der Waals surface area contributed by atoms with Gasteiger partial charge in [0.05, 0.1) is 6.54 Å². The van der Waals surface area contributed by atoms with Crippen LogP contribution in [0.1, 0.15) is 18.1 Å². The number of hydrogen-bond acceptors (Lipinski definition) is 4. The first-order chi connectivity index (χ1) is 15.0. The third-order valence-corrected chi connectivity index (χ3v) is 5.30. The van der Waals surface area contributed by atoms with Gasteiger partial charge in [0.15, 0.2) is 0 Å². The number of urea groups is 1. The van der Waals surface area contributed by atoms with Crippen molar-refractivity contribution in [2.75, 3.05) is 13.2 Å². The van der Waals surface area contributed by atoms with E-state index in [0.29, 0.717) is 13.2 Å². The summed E-state index contributed by atoms with van der Waals surface area (Å²) in [6, 6.07) is 14.9. The maximum absolute atomic E-state index is 12.6. The number of imide groups is 2. The van der Waals surface area contributed by atoms with Crippen LogP contribution in [0.3, 0.4) is 0 Å². The van der Waals surface area contributed by atoms with Gasteiger partial charge in [0.1, 0.15) is 17.9 Å². The van der Waals surface area contributed by atoms with E-state index in [-0.39, 0.29) is 12.1 Å². The van der Waals surface area contributed by atoms with Gasteiger partial charge in [0, 0.05) is 29.2 Å². The van der Waals surface area contributed by atoms with E-state index in [1.54, 1.807) is 13.0 Å². The molecule has 7 heteroatoms. The van der Waals surface area contributed by atoms with E-state index in [1.165, 1.54) is 0 Å². The summed E-state index contributed by atoms with van der Waals surface area (Å²) in [6.07, 6.45) is 3.44. The number of barbiturate groups is 1. The van der Waals surface area contributed by atoms with Crippen LogP contribution in [0, 0.1) is 6.92 Å². The molecular formula is C24H23N3O4. The molecule has 3 aromatic rings. The summed E-state index contributed by atoms with van der Waals surface area (Å²) in [4.78, 5) is 37.8. The van der Waals surface area contributed by atoms with Crippen LogP contribution in [0.2, 0.25) is 0 Å². The number of nitrogens with zero attached hydrogens (tertiary/aromatic N) is 2. The lowest BCUT2D eigenvalue weighted by Gasteiger charge is -2.24. The van der Waals surface area contributed by atoms with Crippen molar-refractivity contribution in [1.29, 1.82) is 0 Å². The molecular weight excluding hydrogens is 394 g/mol. The first kappa shape index (κ1) is 20.4. The first-order valence-electron chi connectivity index (χ1n) is 10.1. The molecule has 1 aliphatic rings. The minimum atomic E-state index is -0.689. The summed E-state index contributed by atoms with van der Waals surface area (Å²) in [5, 5.41) is 3.13. The lowest BCUT2D eigenvalue weighted by molar-refractivity contribution is -0.129. The molecule has 7 nitrogen and oxygen atoms in total. The van der Waals surface area contributed by atoms with Gasteiger partial charge in [-0.25, -0.2) is 4.79 Å². The normalized spacial score (nSPS) is 15.6. The molecule has 0 atom stereocenters. The smallest absolute Gasteiger partial charge is 0.331 e. The molecule has 1 N–H and O–H groups in total. The highest BCUT2D eigenvalue weighted by molar-refractivity contribution is 6.31. The molecule has 0 bridgehead atoms. The SMILES string of the molecule is CCN1C(=O)NC(=O)/C(=C\c2cn(CCOc3ccccc3C)c3ccccc23)C1=O. The number of rotatable bonds is 6. The molecule has 4 amide bonds. The summed E-state index contributed by atoms with van der Waals surface area (Å²) in [6.45, 7) is 4.94. The van der Waals surface area contributed by atoms with Crippen molar-refractivity contribution < 1.29 is 19.1 Å². The predicted molar refractivity (Wildman–Crippen MR) is 118 cm³/mol. The summed E-state index contributed by atoms with van der Waals surface area (Å²) in [5.41, 5.74) is 2.72. The molecule has 0 spiro atoms. The number of aromatic nitrogens is 1. The third kappa shape index (κ3) is 3.94. The Labute approximate surface area is 179 Å². The maximum Gasteiger partial charge on any atom is 0.331 e. The molecule has 1 aliphatic heterocycles. The molecule has 1 fully saturated rings. The second kappa shape index (κ2) is 8.47. The largest absolute Gasteiger partial charge is 0.491 e. The summed E-state index contributed by atoms with van der Waals surface area (Å²) >= 11 is 0. The summed E-state index contributed by atoms with van der Waals surface area (Å²) in [5.74, 6) is -0.425. The Balaban J connectivity index is 1.63. The fourth-order valence-electron chi connectivity index (χ4n) is 3.68. The second-order valence-electron chi connectivity index (χ2n) is 7.28. The third-order valence-electron chi connectivity index (χ3n) is 5.30. The molecule has 0 unspecified atom stereocenters. The van der Waals surface area contributed by atoms with Crippen molar-refractivity contribution >= 4 is 34.8 Å². The first-order valence-corrected chi connectivity index (χ1v) is 10.1. The number of benzene rings is 2. The number of carbonyl (C=O) groups excluding carboxylic acids is 3. The average molecular weight is 417 g/mol. The number of ether oxygens (including phenoxy) is 1. The highest BCUT2D eigenvalue weighted by atomic mass is 16.5. The van der Waals surface area contributed by atoms with Crippen molar-refractivity contribution in [3.05, 3.63) is 71.4 Å². The number of fused-ring (bicyclic) bond motifs is 1. The van der Waals surface area contributed by atoms with Crippen LogP contribution in [0.4, 0.5) is 4.79 Å². The van der Waals surface area contributed by atoms with Crippen molar-refractivity contribution in [2.24, 2.45) is 0 Å². The van der Waals surface area contributed by atoms with Crippen molar-refractivity contribution in [3.8, 4) is 5.75 Å². The van der Waals surface area contributed by atoms with E-state index in [4.69, 9.17) is 4.74 Å². The van der Waals surface area contributed by atoms with Crippen LogP contribution >= 0.6 is 0 Å². The standard InChI is InChI=1S/C24H23N3O4/c1-3-27-23(29)19(22(28)25-24(27)30)14-17-15-26(20-10-6-5-9-18(17)20)12-13-31-21-11-7-4-8-16(21)2/h4-11,14-15H,3,12-13H2,1-2H3,(H,25,28,30)/b19-14+. The van der Waals surface area contributed by atoms with Crippen LogP contribution in [-0.2, 0) is 16.1 Å². The van der Waals surface area contributed by atoms with E-state index >= 15 is 0 Å². The number of aryl methyl sites for hydroxylation is 1. The molecule has 158 valence electrons. The number of hydrogen-bond donors (Lipinski definition) is 1. The lowest BCUT2D eigenvalue weighted by atomic mass is 10.1. The van der Waals surface area contributed by atoms with Crippen molar-refractivity contribution in [3.63, 3.8) is 0 Å². The molecule has 31 heavy (non-hydrogen) atoms. The fraction of sp³-hybridized carbons (Fsp3) is 0.208. The average Bonchev–Trinajstić information content (AvgIpc) is 3.10. The highest BCUT2D eigenvalue weighted by Gasteiger charge is 2.34. The van der Waals surface area contributed by atoms with E-state index in [2.05, 4.69) is 5.32 Å². The Morgan fingerprint density at radius 3 is 2.55 bits per heavy atom. The Morgan fingerprint density at radius 1 is 1.03 bits per heavy atom. The molecule has 0 aliphatic carbocycles. The predicted octanol–water partition coefficient (Wildman–Crippen LogP) is 3.51. The van der Waals surface area contributed by atoms with Gasteiger partial charge < -0.3 is 9.30 Å². The fourth-order valence-corrected chi connectivity index (χ4v) is 3.68. The van der Waals surface area contributed by atoms with E-state index in [0.717, 1.165) is 32.7 Å². The van der Waals surface area contributed by atoms with Crippen LogP contribution in [0.25, 0.3) is 17.0 Å². The van der Waals surface area contributed by atoms with Crippen LogP contribution in [-0.4, -0.2) is 40.5 Å². The van der Waals surface area contributed by atoms with Gasteiger partial charge in [-0.1, -0.05) is 36.4 Å². The molecule has 4 rings (SSSR count). The zero-order valence-electron chi connectivity index (χ0n) is 17.4. The number of para-hydroxylation sites is 2. The zero-order chi connectivity index (χ0) is 22.0. The summed E-state index contributed by atoms with van der Waals surface area (Å²) < 4.78 is 7.96. The topological polar surface area (TPSA) is 80.6 Å². The van der Waals surface area contributed by atoms with Gasteiger partial charge in [0.25, 0.3) is 11.8 Å². The number of likely N-dealkylation sites (N-methyl/N-ethyl adjacent to an activating group) is 1. The van der Waals surface area contributed by atoms with Crippen LogP contribution in [0.15, 0.2) is 60.3 Å². The van der Waals surface area contributed by atoms with Crippen LogP contribution < -0.4 is 10.1 Å². The molecule has 2 aromatic carbocycles. The van der Waals surface area contributed by atoms with Gasteiger partial charge in [-0.2, -0.15) is 0 Å². The van der Waals surface area contributed by atoms with Crippen molar-refractivity contribution in [1.82, 2.24) is 14.8 Å². The van der Waals surface area contributed by atoms with Gasteiger partial charge in [-0.05, 0) is 37.6 Å². The molecule has 0 radical (unpaired) electrons. The Morgan fingerprint density at radius 2 is 1.77 bits per heavy atom. The molecule has 1 aromatic heterocycles. The summed E-state index contributed by atoms with van der Waals surface area (Å²) in [7, 11) is 0. The van der Waals surface area contributed by atoms with Crippen LogP contribution in [0.5, 0.6) is 5.75 Å². The maximum atomic E-state index is 12.6. The number of amides is 4. The van der Waals surface area contributed by atoms with Gasteiger partial charge in [-0.15, -0.1) is 0 Å². The van der Waals surface area contributed by atoms with Gasteiger partial charge in [0.2, 0.25) is 0 Å². The number of nitrogens with one attached hydrogen (secondary N) is 1. The van der Waals surface area contributed by atoms with E-state index < -0.39 is 17.8 Å². The highest BCUT2D eigenvalue weighted by Crippen LogP contribution is 2.25. The molecule has 0 saturated carbocycles. The monoisotopic (exact) mass is 417 g/mol. The van der Waals surface area contributed by atoms with Crippen molar-refractivity contribution in [2.45, 2.75) is 20.4 Å². The van der Waals surface area contributed by atoms with Gasteiger partial charge >= 0.3 is 6.03 Å². The second-order valence-corrected chi connectivity index (χ2v) is 7.28. The Kier molecular flexibility index (Phi) is 5.58. The quantitative estimate of drug-likeness (QED) is 0.492. The minimum absolute atomic E-state index is 0.0551. The van der Waals surface area contributed by atoms with E-state index in [9.17, 15) is 14.4 Å². The minimum Gasteiger partial charge on any atom is -0.491 e. The Hall–Kier alpha value is -3.87. The number of carbonyl (C=O) groups is 3. The van der Waals surface area contributed by atoms with E-state index in [1.807, 2.05) is 66.2 Å². The Bertz CT molecular complexity index is 1210. The lowest BCUT2D eigenvalue weighted by Crippen LogP contribution is -2.53. The molecule has 2 heterocycles. The molecule has 1 saturated heterocycles. The zero-order valence-corrected chi connectivity index (χ0v) is 17.4. The van der Waals surface area contributed by atoms with Gasteiger partial charge in [-0.3, -0.25) is 19.8 Å².